The van der Waals surface area contributed by atoms with E-state index in [1.165, 1.54) is 12.1 Å². The average molecular weight is 387 g/mol. The number of nitrogens with zero attached hydrogens (tertiary/aromatic N) is 2. The third-order valence-electron chi connectivity index (χ3n) is 3.26. The van der Waals surface area contributed by atoms with Crippen LogP contribution >= 0.6 is 15.9 Å². The maximum Gasteiger partial charge on any atom is 0.410 e. The van der Waals surface area contributed by atoms with Crippen molar-refractivity contribution in [3.05, 3.63) is 38.3 Å². The Bertz CT molecular complexity index is 614. The lowest BCUT2D eigenvalue weighted by molar-refractivity contribution is -0.385. The van der Waals surface area contributed by atoms with E-state index in [2.05, 4.69) is 15.9 Å². The lowest BCUT2D eigenvalue weighted by Crippen LogP contribution is -2.44. The van der Waals surface area contributed by atoms with Crippen molar-refractivity contribution < 1.29 is 19.2 Å². The first-order chi connectivity index (χ1) is 10.7. The standard InChI is InChI=1S/C15H19BrN2O5/c1-15(2,3)23-14(19)17-6-7-22-13(9-17)11-5-4-10(18(20)21)8-12(11)16/h4-5,8,13H,6-7,9H2,1-3H3/t13-/m0/s1. The fourth-order valence-corrected chi connectivity index (χ4v) is 2.84. The van der Waals surface area contributed by atoms with Crippen molar-refractivity contribution in [3.63, 3.8) is 0 Å². The van der Waals surface area contributed by atoms with Gasteiger partial charge < -0.3 is 14.4 Å². The van der Waals surface area contributed by atoms with Crippen molar-refractivity contribution >= 4 is 27.7 Å². The first-order valence-corrected chi connectivity index (χ1v) is 8.00. The second kappa shape index (κ2) is 6.84. The van der Waals surface area contributed by atoms with Gasteiger partial charge in [0.2, 0.25) is 0 Å². The number of rotatable bonds is 2. The first-order valence-electron chi connectivity index (χ1n) is 7.21. The fourth-order valence-electron chi connectivity index (χ4n) is 2.22. The highest BCUT2D eigenvalue weighted by Crippen LogP contribution is 2.32. The Morgan fingerprint density at radius 1 is 1.48 bits per heavy atom. The normalized spacial score (nSPS) is 18.6. The van der Waals surface area contributed by atoms with Crippen LogP contribution in [0.5, 0.6) is 0 Å². The van der Waals surface area contributed by atoms with Gasteiger partial charge in [0.15, 0.2) is 0 Å². The minimum absolute atomic E-state index is 0.000401. The average Bonchev–Trinajstić information content (AvgIpc) is 2.45. The van der Waals surface area contributed by atoms with Gasteiger partial charge in [0.1, 0.15) is 11.7 Å². The van der Waals surface area contributed by atoms with Gasteiger partial charge in [-0.1, -0.05) is 15.9 Å². The Labute approximate surface area is 142 Å². The van der Waals surface area contributed by atoms with Crippen molar-refractivity contribution in [3.8, 4) is 0 Å². The molecule has 1 aromatic rings. The molecule has 1 aromatic carbocycles. The summed E-state index contributed by atoms with van der Waals surface area (Å²) in [6.45, 7) is 6.62. The molecule has 1 aliphatic rings. The minimum Gasteiger partial charge on any atom is -0.444 e. The molecule has 1 heterocycles. The Balaban J connectivity index is 2.12. The molecule has 1 fully saturated rings. The Kier molecular flexibility index (Phi) is 5.26. The molecule has 1 aliphatic heterocycles. The highest BCUT2D eigenvalue weighted by molar-refractivity contribution is 9.10. The number of nitro benzene ring substituents is 1. The molecule has 0 spiro atoms. The van der Waals surface area contributed by atoms with Crippen LogP contribution in [0.1, 0.15) is 32.4 Å². The summed E-state index contributed by atoms with van der Waals surface area (Å²) in [5, 5.41) is 10.8. The van der Waals surface area contributed by atoms with Gasteiger partial charge in [0.25, 0.3) is 5.69 Å². The Morgan fingerprint density at radius 3 is 2.74 bits per heavy atom. The van der Waals surface area contributed by atoms with E-state index in [-0.39, 0.29) is 17.9 Å². The zero-order chi connectivity index (χ0) is 17.2. The van der Waals surface area contributed by atoms with Gasteiger partial charge in [0, 0.05) is 23.2 Å². The SMILES string of the molecule is CC(C)(C)OC(=O)N1CCO[C@H](c2ccc([N+](=O)[O-])cc2Br)C1. The van der Waals surface area contributed by atoms with E-state index in [0.717, 1.165) is 5.56 Å². The third kappa shape index (κ3) is 4.65. The Morgan fingerprint density at radius 2 is 2.17 bits per heavy atom. The number of carbonyl (C=O) groups excluding carboxylic acids is 1. The molecule has 0 aliphatic carbocycles. The summed E-state index contributed by atoms with van der Waals surface area (Å²) in [5.74, 6) is 0. The van der Waals surface area contributed by atoms with E-state index in [0.29, 0.717) is 24.2 Å². The molecule has 126 valence electrons. The smallest absolute Gasteiger partial charge is 0.410 e. The quantitative estimate of drug-likeness (QED) is 0.571. The molecular weight excluding hydrogens is 368 g/mol. The largest absolute Gasteiger partial charge is 0.444 e. The molecule has 0 radical (unpaired) electrons. The molecule has 0 unspecified atom stereocenters. The topological polar surface area (TPSA) is 81.9 Å². The summed E-state index contributed by atoms with van der Waals surface area (Å²) >= 11 is 3.34. The van der Waals surface area contributed by atoms with E-state index in [9.17, 15) is 14.9 Å². The second-order valence-electron chi connectivity index (χ2n) is 6.25. The lowest BCUT2D eigenvalue weighted by atomic mass is 10.1. The van der Waals surface area contributed by atoms with Crippen LogP contribution < -0.4 is 0 Å². The van der Waals surface area contributed by atoms with E-state index in [1.54, 1.807) is 11.0 Å². The molecule has 1 amide bonds. The van der Waals surface area contributed by atoms with Crippen LogP contribution in [0.15, 0.2) is 22.7 Å². The molecule has 8 heteroatoms. The van der Waals surface area contributed by atoms with E-state index < -0.39 is 10.5 Å². The van der Waals surface area contributed by atoms with Crippen LogP contribution in [0.4, 0.5) is 10.5 Å². The fraction of sp³-hybridized carbons (Fsp3) is 0.533. The van der Waals surface area contributed by atoms with E-state index >= 15 is 0 Å². The van der Waals surface area contributed by atoms with Crippen LogP contribution in [-0.4, -0.2) is 41.2 Å². The van der Waals surface area contributed by atoms with Gasteiger partial charge in [-0.05, 0) is 32.4 Å². The zero-order valence-electron chi connectivity index (χ0n) is 13.2. The van der Waals surface area contributed by atoms with Crippen molar-refractivity contribution in [2.45, 2.75) is 32.5 Å². The number of hydrogen-bond donors (Lipinski definition) is 0. The maximum absolute atomic E-state index is 12.2. The number of halogens is 1. The predicted molar refractivity (Wildman–Crippen MR) is 87.3 cm³/mol. The molecule has 2 rings (SSSR count). The molecule has 23 heavy (non-hydrogen) atoms. The van der Waals surface area contributed by atoms with E-state index in [4.69, 9.17) is 9.47 Å². The number of amides is 1. The number of nitro groups is 1. The van der Waals surface area contributed by atoms with Gasteiger partial charge in [-0.3, -0.25) is 10.1 Å². The molecule has 0 aromatic heterocycles. The van der Waals surface area contributed by atoms with Crippen LogP contribution in [-0.2, 0) is 9.47 Å². The summed E-state index contributed by atoms with van der Waals surface area (Å²) in [6.07, 6.45) is -0.740. The zero-order valence-corrected chi connectivity index (χ0v) is 14.8. The van der Waals surface area contributed by atoms with Gasteiger partial charge in [0.05, 0.1) is 18.1 Å². The molecule has 0 bridgehead atoms. The number of benzene rings is 1. The van der Waals surface area contributed by atoms with Crippen molar-refractivity contribution in [1.29, 1.82) is 0 Å². The maximum atomic E-state index is 12.2. The Hall–Kier alpha value is -1.67. The van der Waals surface area contributed by atoms with Crippen LogP contribution in [0, 0.1) is 10.1 Å². The molecule has 7 nitrogen and oxygen atoms in total. The summed E-state index contributed by atoms with van der Waals surface area (Å²) in [5.41, 5.74) is 0.211. The van der Waals surface area contributed by atoms with Crippen LogP contribution in [0.2, 0.25) is 0 Å². The molecule has 0 N–H and O–H groups in total. The molecule has 1 atom stereocenters. The molecule has 1 saturated heterocycles. The minimum atomic E-state index is -0.557. The number of non-ortho nitro benzene ring substituents is 1. The van der Waals surface area contributed by atoms with E-state index in [1.807, 2.05) is 20.8 Å². The lowest BCUT2D eigenvalue weighted by Gasteiger charge is -2.34. The number of carbonyl (C=O) groups is 1. The summed E-state index contributed by atoms with van der Waals surface area (Å²) in [6, 6.07) is 4.51. The molecule has 0 saturated carbocycles. The van der Waals surface area contributed by atoms with Gasteiger partial charge in [-0.15, -0.1) is 0 Å². The van der Waals surface area contributed by atoms with Gasteiger partial charge in [-0.2, -0.15) is 0 Å². The number of morpholine rings is 1. The van der Waals surface area contributed by atoms with Gasteiger partial charge >= 0.3 is 6.09 Å². The number of hydrogen-bond acceptors (Lipinski definition) is 5. The van der Waals surface area contributed by atoms with Crippen LogP contribution in [0.25, 0.3) is 0 Å². The second-order valence-corrected chi connectivity index (χ2v) is 7.10. The summed E-state index contributed by atoms with van der Waals surface area (Å²) < 4.78 is 11.7. The van der Waals surface area contributed by atoms with Crippen molar-refractivity contribution in [2.75, 3.05) is 19.7 Å². The van der Waals surface area contributed by atoms with Gasteiger partial charge in [-0.25, -0.2) is 4.79 Å². The van der Waals surface area contributed by atoms with Crippen molar-refractivity contribution in [1.82, 2.24) is 4.90 Å². The number of ether oxygens (including phenoxy) is 2. The highest BCUT2D eigenvalue weighted by atomic mass is 79.9. The predicted octanol–water partition coefficient (Wildman–Crippen LogP) is 3.67. The van der Waals surface area contributed by atoms with Crippen LogP contribution in [0.3, 0.4) is 0 Å². The first kappa shape index (κ1) is 17.7. The molecular formula is C15H19BrN2O5. The monoisotopic (exact) mass is 386 g/mol. The third-order valence-corrected chi connectivity index (χ3v) is 3.95. The summed E-state index contributed by atoms with van der Waals surface area (Å²) in [4.78, 5) is 24.1. The van der Waals surface area contributed by atoms with Crippen molar-refractivity contribution in [2.24, 2.45) is 0 Å². The summed E-state index contributed by atoms with van der Waals surface area (Å²) in [7, 11) is 0. The highest BCUT2D eigenvalue weighted by Gasteiger charge is 2.30.